The molecule has 31 heavy (non-hydrogen) atoms. The van der Waals surface area contributed by atoms with E-state index in [1.54, 1.807) is 6.07 Å². The van der Waals surface area contributed by atoms with Crippen molar-refractivity contribution in [2.45, 2.75) is 51.5 Å². The average Bonchev–Trinajstić information content (AvgIpc) is 3.28. The van der Waals surface area contributed by atoms with Crippen LogP contribution in [0, 0.1) is 11.7 Å². The van der Waals surface area contributed by atoms with E-state index >= 15 is 0 Å². The topological polar surface area (TPSA) is 58.6 Å². The Hall–Kier alpha value is -2.41. The molecule has 1 aliphatic carbocycles. The molecule has 2 aromatic rings. The van der Waals surface area contributed by atoms with Crippen LogP contribution >= 0.6 is 11.6 Å². The third-order valence-corrected chi connectivity index (χ3v) is 6.54. The van der Waals surface area contributed by atoms with Gasteiger partial charge in [0, 0.05) is 38.2 Å². The molecule has 166 valence electrons. The molecule has 8 heteroatoms. The van der Waals surface area contributed by atoms with Crippen LogP contribution in [-0.2, 0) is 4.79 Å². The van der Waals surface area contributed by atoms with E-state index in [0.29, 0.717) is 37.7 Å². The minimum absolute atomic E-state index is 0.107. The molecule has 1 saturated carbocycles. The maximum absolute atomic E-state index is 13.2. The summed E-state index contributed by atoms with van der Waals surface area (Å²) in [6.45, 7) is 4.15. The molecule has 6 nitrogen and oxygen atoms in total. The predicted octanol–water partition coefficient (Wildman–Crippen LogP) is 5.07. The molecule has 0 radical (unpaired) electrons. The summed E-state index contributed by atoms with van der Waals surface area (Å²) in [6, 6.07) is 5.80. The van der Waals surface area contributed by atoms with E-state index < -0.39 is 5.82 Å². The van der Waals surface area contributed by atoms with Crippen molar-refractivity contribution in [1.82, 2.24) is 14.9 Å². The van der Waals surface area contributed by atoms with Gasteiger partial charge in [-0.25, -0.2) is 14.4 Å². The Balaban J connectivity index is 1.35. The van der Waals surface area contributed by atoms with E-state index in [0.717, 1.165) is 18.2 Å². The average molecular weight is 447 g/mol. The Kier molecular flexibility index (Phi) is 6.90. The maximum atomic E-state index is 13.2. The SMILES string of the molecule is C[C@@H]1CN(c2cc(Oc3ccc(F)cc3Cl)ncn2)CCN1C(=O)CCC1CCCC1. The number of carbonyl (C=O) groups is 1. The monoisotopic (exact) mass is 446 g/mol. The molecule has 2 aliphatic rings. The second-order valence-corrected chi connectivity index (χ2v) is 8.87. The van der Waals surface area contributed by atoms with Crippen molar-refractivity contribution in [3.05, 3.63) is 41.4 Å². The van der Waals surface area contributed by atoms with Crippen molar-refractivity contribution in [3.8, 4) is 11.6 Å². The van der Waals surface area contributed by atoms with Crippen molar-refractivity contribution in [2.24, 2.45) is 5.92 Å². The van der Waals surface area contributed by atoms with Crippen LogP contribution in [0.2, 0.25) is 5.02 Å². The summed E-state index contributed by atoms with van der Waals surface area (Å²) < 4.78 is 19.0. The van der Waals surface area contributed by atoms with E-state index in [9.17, 15) is 9.18 Å². The van der Waals surface area contributed by atoms with Gasteiger partial charge in [0.2, 0.25) is 11.8 Å². The zero-order chi connectivity index (χ0) is 21.8. The van der Waals surface area contributed by atoms with E-state index in [2.05, 4.69) is 21.8 Å². The second-order valence-electron chi connectivity index (χ2n) is 8.46. The predicted molar refractivity (Wildman–Crippen MR) is 118 cm³/mol. The Morgan fingerprint density at radius 3 is 2.77 bits per heavy atom. The van der Waals surface area contributed by atoms with Crippen LogP contribution in [-0.4, -0.2) is 46.5 Å². The highest BCUT2D eigenvalue weighted by Gasteiger charge is 2.29. The molecule has 2 heterocycles. The van der Waals surface area contributed by atoms with Gasteiger partial charge in [-0.2, -0.15) is 0 Å². The molecule has 1 aliphatic heterocycles. The van der Waals surface area contributed by atoms with Gasteiger partial charge < -0.3 is 14.5 Å². The standard InChI is InChI=1S/C23H28ClFN4O2/c1-16-14-28(10-11-29(16)23(30)9-6-17-4-2-3-5-17)21-13-22(27-15-26-21)31-20-8-7-18(25)12-19(20)24/h7-8,12-13,15-17H,2-6,9-11,14H2,1H3/t16-/m1/s1. The van der Waals surface area contributed by atoms with Gasteiger partial charge in [-0.3, -0.25) is 4.79 Å². The first kappa shape index (κ1) is 21.8. The van der Waals surface area contributed by atoms with Gasteiger partial charge in [0.25, 0.3) is 0 Å². The number of nitrogens with zero attached hydrogens (tertiary/aromatic N) is 4. The fraction of sp³-hybridized carbons (Fsp3) is 0.522. The molecule has 0 N–H and O–H groups in total. The number of hydrogen-bond acceptors (Lipinski definition) is 5. The number of benzene rings is 1. The van der Waals surface area contributed by atoms with E-state index in [-0.39, 0.29) is 17.0 Å². The molecule has 1 aromatic carbocycles. The lowest BCUT2D eigenvalue weighted by molar-refractivity contribution is -0.133. The highest BCUT2D eigenvalue weighted by Crippen LogP contribution is 2.31. The zero-order valence-corrected chi connectivity index (χ0v) is 18.5. The fourth-order valence-corrected chi connectivity index (χ4v) is 4.74. The normalized spacial score (nSPS) is 19.6. The van der Waals surface area contributed by atoms with Crippen molar-refractivity contribution in [3.63, 3.8) is 0 Å². The summed E-state index contributed by atoms with van der Waals surface area (Å²) in [5, 5.41) is 0.179. The number of piperazine rings is 1. The third kappa shape index (κ3) is 5.45. The quantitative estimate of drug-likeness (QED) is 0.620. The number of hydrogen-bond donors (Lipinski definition) is 0. The van der Waals surface area contributed by atoms with Crippen molar-refractivity contribution in [1.29, 1.82) is 0 Å². The fourth-order valence-electron chi connectivity index (χ4n) is 4.54. The third-order valence-electron chi connectivity index (χ3n) is 6.25. The molecule has 0 unspecified atom stereocenters. The van der Waals surface area contributed by atoms with Crippen molar-refractivity contribution < 1.29 is 13.9 Å². The number of carbonyl (C=O) groups excluding carboxylic acids is 1. The zero-order valence-electron chi connectivity index (χ0n) is 17.8. The molecule has 0 spiro atoms. The summed E-state index contributed by atoms with van der Waals surface area (Å²) in [4.78, 5) is 25.4. The van der Waals surface area contributed by atoms with Crippen LogP contribution in [0.5, 0.6) is 11.6 Å². The Morgan fingerprint density at radius 1 is 1.23 bits per heavy atom. The highest BCUT2D eigenvalue weighted by atomic mass is 35.5. The number of amides is 1. The molecular weight excluding hydrogens is 419 g/mol. The first-order chi connectivity index (χ1) is 15.0. The van der Waals surface area contributed by atoms with Crippen LogP contribution in [0.25, 0.3) is 0 Å². The Bertz CT molecular complexity index is 922. The summed E-state index contributed by atoms with van der Waals surface area (Å²) in [5.74, 6) is 1.96. The lowest BCUT2D eigenvalue weighted by Gasteiger charge is -2.40. The lowest BCUT2D eigenvalue weighted by atomic mass is 10.0. The van der Waals surface area contributed by atoms with Gasteiger partial charge in [-0.05, 0) is 37.5 Å². The summed E-state index contributed by atoms with van der Waals surface area (Å²) >= 11 is 6.04. The molecule has 1 atom stereocenters. The Labute approximate surface area is 187 Å². The number of halogens is 2. The molecule has 0 bridgehead atoms. The van der Waals surface area contributed by atoms with Gasteiger partial charge >= 0.3 is 0 Å². The van der Waals surface area contributed by atoms with Crippen LogP contribution in [0.1, 0.15) is 45.4 Å². The summed E-state index contributed by atoms with van der Waals surface area (Å²) in [7, 11) is 0. The van der Waals surface area contributed by atoms with E-state index in [1.807, 2.05) is 4.90 Å². The highest BCUT2D eigenvalue weighted by molar-refractivity contribution is 6.32. The molecule has 2 fully saturated rings. The van der Waals surface area contributed by atoms with E-state index in [1.165, 1.54) is 50.2 Å². The first-order valence-corrected chi connectivity index (χ1v) is 11.4. The first-order valence-electron chi connectivity index (χ1n) is 11.0. The van der Waals surface area contributed by atoms with Gasteiger partial charge in [0.05, 0.1) is 5.02 Å². The summed E-state index contributed by atoms with van der Waals surface area (Å²) in [6.07, 6.45) is 8.28. The number of anilines is 1. The van der Waals surface area contributed by atoms with Gasteiger partial charge in [-0.1, -0.05) is 37.3 Å². The molecule has 4 rings (SSSR count). The van der Waals surface area contributed by atoms with Crippen molar-refractivity contribution in [2.75, 3.05) is 24.5 Å². The molecule has 1 saturated heterocycles. The van der Waals surface area contributed by atoms with Crippen LogP contribution in [0.4, 0.5) is 10.2 Å². The number of aromatic nitrogens is 2. The smallest absolute Gasteiger partial charge is 0.224 e. The van der Waals surface area contributed by atoms with Crippen LogP contribution in [0.15, 0.2) is 30.6 Å². The van der Waals surface area contributed by atoms with Gasteiger partial charge in [0.15, 0.2) is 0 Å². The summed E-state index contributed by atoms with van der Waals surface area (Å²) in [5.41, 5.74) is 0. The minimum Gasteiger partial charge on any atom is -0.437 e. The van der Waals surface area contributed by atoms with Crippen LogP contribution in [0.3, 0.4) is 0 Å². The minimum atomic E-state index is -0.426. The van der Waals surface area contributed by atoms with Crippen LogP contribution < -0.4 is 9.64 Å². The Morgan fingerprint density at radius 2 is 2.03 bits per heavy atom. The molecule has 1 amide bonds. The largest absolute Gasteiger partial charge is 0.437 e. The molecule has 1 aromatic heterocycles. The molecular formula is C23H28ClFN4O2. The van der Waals surface area contributed by atoms with Crippen molar-refractivity contribution >= 4 is 23.3 Å². The number of ether oxygens (including phenoxy) is 1. The maximum Gasteiger partial charge on any atom is 0.224 e. The van der Waals surface area contributed by atoms with Gasteiger partial charge in [0.1, 0.15) is 23.7 Å². The van der Waals surface area contributed by atoms with E-state index in [4.69, 9.17) is 16.3 Å². The second kappa shape index (κ2) is 9.81. The lowest BCUT2D eigenvalue weighted by Crippen LogP contribution is -2.54. The number of rotatable bonds is 6. The van der Waals surface area contributed by atoms with Gasteiger partial charge in [-0.15, -0.1) is 0 Å².